The maximum absolute atomic E-state index is 11.3. The molecule has 0 radical (unpaired) electrons. The molecule has 1 rings (SSSR count). The van der Waals surface area contributed by atoms with Crippen LogP contribution in [0.3, 0.4) is 0 Å². The van der Waals surface area contributed by atoms with Gasteiger partial charge in [-0.05, 0) is 19.1 Å². The quantitative estimate of drug-likeness (QED) is 0.369. The van der Waals surface area contributed by atoms with Crippen LogP contribution in [0.2, 0.25) is 0 Å². The van der Waals surface area contributed by atoms with Crippen LogP contribution >= 0.6 is 15.9 Å². The maximum Gasteiger partial charge on any atom is 0.373 e. The zero-order valence-corrected chi connectivity index (χ0v) is 10.8. The number of benzene rings is 1. The van der Waals surface area contributed by atoms with Gasteiger partial charge in [0, 0.05) is 10.9 Å². The Kier molecular flexibility index (Phi) is 5.05. The van der Waals surface area contributed by atoms with Gasteiger partial charge in [0.2, 0.25) is 5.76 Å². The highest BCUT2D eigenvalue weighted by Crippen LogP contribution is 2.22. The van der Waals surface area contributed by atoms with Crippen LogP contribution in [0.25, 0.3) is 0 Å². The molecule has 0 aliphatic rings. The minimum atomic E-state index is -0.480. The van der Waals surface area contributed by atoms with Crippen molar-refractivity contribution < 1.29 is 14.3 Å². The number of esters is 1. The van der Waals surface area contributed by atoms with Gasteiger partial charge < -0.3 is 9.47 Å². The van der Waals surface area contributed by atoms with Gasteiger partial charge in [-0.25, -0.2) is 4.79 Å². The first-order valence-corrected chi connectivity index (χ1v) is 5.91. The summed E-state index contributed by atoms with van der Waals surface area (Å²) in [5.41, 5.74) is 0.978. The molecule has 4 heteroatoms. The lowest BCUT2D eigenvalue weighted by Gasteiger charge is -2.10. The molecular formula is C12H13BrO3. The van der Waals surface area contributed by atoms with Crippen molar-refractivity contribution in [2.24, 2.45) is 0 Å². The fourth-order valence-electron chi connectivity index (χ4n) is 1.15. The number of rotatable bonds is 4. The maximum atomic E-state index is 11.3. The van der Waals surface area contributed by atoms with Crippen LogP contribution in [-0.2, 0) is 14.9 Å². The van der Waals surface area contributed by atoms with Gasteiger partial charge in [0.05, 0.1) is 7.11 Å². The molecule has 0 unspecified atom stereocenters. The molecule has 0 aromatic heterocycles. The van der Waals surface area contributed by atoms with Crippen LogP contribution in [0.4, 0.5) is 0 Å². The molecule has 0 bridgehead atoms. The van der Waals surface area contributed by atoms with Crippen LogP contribution in [0.5, 0.6) is 5.75 Å². The molecule has 0 N–H and O–H groups in total. The van der Waals surface area contributed by atoms with Crippen molar-refractivity contribution >= 4 is 21.9 Å². The monoisotopic (exact) mass is 284 g/mol. The molecule has 16 heavy (non-hydrogen) atoms. The van der Waals surface area contributed by atoms with Gasteiger partial charge in [-0.15, -0.1) is 0 Å². The van der Waals surface area contributed by atoms with Crippen LogP contribution in [-0.4, -0.2) is 13.1 Å². The smallest absolute Gasteiger partial charge is 0.373 e. The van der Waals surface area contributed by atoms with Gasteiger partial charge in [-0.2, -0.15) is 0 Å². The average Bonchev–Trinajstić information content (AvgIpc) is 2.35. The molecule has 0 saturated heterocycles. The van der Waals surface area contributed by atoms with E-state index < -0.39 is 5.97 Å². The van der Waals surface area contributed by atoms with Gasteiger partial charge >= 0.3 is 5.97 Å². The lowest BCUT2D eigenvalue weighted by molar-refractivity contribution is -0.138. The zero-order valence-electron chi connectivity index (χ0n) is 9.20. The molecule has 3 nitrogen and oxygen atoms in total. The fraction of sp³-hybridized carbons (Fsp3) is 0.250. The van der Waals surface area contributed by atoms with E-state index in [-0.39, 0.29) is 5.76 Å². The van der Waals surface area contributed by atoms with Gasteiger partial charge in [-0.3, -0.25) is 0 Å². The number of hydrogen-bond donors (Lipinski definition) is 0. The standard InChI is InChI=1S/C12H13BrO3/c1-3-10(12(14)15-2)16-11-7-5-4-6-9(11)8-13/h3-7H,8H2,1-2H3. The van der Waals surface area contributed by atoms with E-state index in [0.29, 0.717) is 11.1 Å². The molecule has 0 atom stereocenters. The summed E-state index contributed by atoms with van der Waals surface area (Å²) in [5, 5.41) is 0.668. The van der Waals surface area contributed by atoms with E-state index in [1.165, 1.54) is 7.11 Å². The number of hydrogen-bond acceptors (Lipinski definition) is 3. The SMILES string of the molecule is CC=C(Oc1ccccc1CBr)C(=O)OC. The Balaban J connectivity index is 2.90. The van der Waals surface area contributed by atoms with Crippen molar-refractivity contribution in [3.8, 4) is 5.75 Å². The Hall–Kier alpha value is -1.29. The minimum Gasteiger partial charge on any atom is -0.463 e. The molecule has 0 aliphatic carbocycles. The topological polar surface area (TPSA) is 35.5 Å². The number of ether oxygens (including phenoxy) is 2. The van der Waals surface area contributed by atoms with Gasteiger partial charge in [-0.1, -0.05) is 34.1 Å². The Bertz CT molecular complexity index is 399. The lowest BCUT2D eigenvalue weighted by Crippen LogP contribution is -2.11. The summed E-state index contributed by atoms with van der Waals surface area (Å²) in [5.74, 6) is 0.362. The van der Waals surface area contributed by atoms with Crippen LogP contribution in [0.1, 0.15) is 12.5 Å². The van der Waals surface area contributed by atoms with E-state index in [2.05, 4.69) is 20.7 Å². The summed E-state index contributed by atoms with van der Waals surface area (Å²) in [4.78, 5) is 11.3. The van der Waals surface area contributed by atoms with Crippen LogP contribution in [0.15, 0.2) is 36.1 Å². The summed E-state index contributed by atoms with van der Waals surface area (Å²) >= 11 is 3.36. The summed E-state index contributed by atoms with van der Waals surface area (Å²) in [6.45, 7) is 1.73. The fourth-order valence-corrected chi connectivity index (χ4v) is 1.61. The summed E-state index contributed by atoms with van der Waals surface area (Å²) in [6, 6.07) is 7.50. The molecule has 86 valence electrons. The number of carbonyl (C=O) groups is 1. The molecule has 0 saturated carbocycles. The Morgan fingerprint density at radius 3 is 2.69 bits per heavy atom. The zero-order chi connectivity index (χ0) is 12.0. The van der Waals surface area contributed by atoms with Gasteiger partial charge in [0.15, 0.2) is 0 Å². The predicted molar refractivity (Wildman–Crippen MR) is 65.5 cm³/mol. The largest absolute Gasteiger partial charge is 0.463 e. The molecule has 0 heterocycles. The number of methoxy groups -OCH3 is 1. The van der Waals surface area contributed by atoms with Crippen LogP contribution < -0.4 is 4.74 Å². The number of carbonyl (C=O) groups excluding carboxylic acids is 1. The summed E-state index contributed by atoms with van der Waals surface area (Å²) < 4.78 is 10.1. The summed E-state index contributed by atoms with van der Waals surface area (Å²) in [7, 11) is 1.32. The number of alkyl halides is 1. The minimum absolute atomic E-state index is 0.191. The highest BCUT2D eigenvalue weighted by molar-refractivity contribution is 9.08. The Morgan fingerprint density at radius 2 is 2.12 bits per heavy atom. The van der Waals surface area contributed by atoms with Crippen molar-refractivity contribution in [2.45, 2.75) is 12.3 Å². The number of halogens is 1. The summed E-state index contributed by atoms with van der Waals surface area (Å²) in [6.07, 6.45) is 1.58. The van der Waals surface area contributed by atoms with Crippen molar-refractivity contribution in [3.63, 3.8) is 0 Å². The molecule has 1 aromatic rings. The third kappa shape index (κ3) is 3.10. The van der Waals surface area contributed by atoms with E-state index in [9.17, 15) is 4.79 Å². The average molecular weight is 285 g/mol. The van der Waals surface area contributed by atoms with E-state index >= 15 is 0 Å². The highest BCUT2D eigenvalue weighted by Gasteiger charge is 2.12. The molecular weight excluding hydrogens is 272 g/mol. The first-order valence-electron chi connectivity index (χ1n) is 4.79. The third-order valence-electron chi connectivity index (χ3n) is 1.99. The van der Waals surface area contributed by atoms with E-state index in [1.807, 2.05) is 24.3 Å². The Morgan fingerprint density at radius 1 is 1.44 bits per heavy atom. The molecule has 0 spiro atoms. The molecule has 0 aliphatic heterocycles. The lowest BCUT2D eigenvalue weighted by atomic mass is 10.2. The van der Waals surface area contributed by atoms with Crippen molar-refractivity contribution in [3.05, 3.63) is 41.7 Å². The highest BCUT2D eigenvalue weighted by atomic mass is 79.9. The normalized spacial score (nSPS) is 11.1. The second kappa shape index (κ2) is 6.33. The van der Waals surface area contributed by atoms with E-state index in [4.69, 9.17) is 4.74 Å². The number of para-hydroxylation sites is 1. The first kappa shape index (κ1) is 12.8. The molecule has 0 amide bonds. The second-order valence-electron chi connectivity index (χ2n) is 2.99. The van der Waals surface area contributed by atoms with Crippen molar-refractivity contribution in [1.29, 1.82) is 0 Å². The number of allylic oxidation sites excluding steroid dienone is 1. The van der Waals surface area contributed by atoms with E-state index in [1.54, 1.807) is 13.0 Å². The Labute approximate surface area is 103 Å². The first-order chi connectivity index (χ1) is 7.72. The van der Waals surface area contributed by atoms with Gasteiger partial charge in [0.1, 0.15) is 5.75 Å². The molecule has 1 aromatic carbocycles. The van der Waals surface area contributed by atoms with Crippen molar-refractivity contribution in [2.75, 3.05) is 7.11 Å². The van der Waals surface area contributed by atoms with Gasteiger partial charge in [0.25, 0.3) is 0 Å². The predicted octanol–water partition coefficient (Wildman–Crippen LogP) is 3.04. The van der Waals surface area contributed by atoms with Crippen LogP contribution in [0, 0.1) is 0 Å². The van der Waals surface area contributed by atoms with Crippen molar-refractivity contribution in [1.82, 2.24) is 0 Å². The second-order valence-corrected chi connectivity index (χ2v) is 3.55. The third-order valence-corrected chi connectivity index (χ3v) is 2.59. The molecule has 0 fully saturated rings. The van der Waals surface area contributed by atoms with E-state index in [0.717, 1.165) is 5.56 Å².